The zero-order valence-corrected chi connectivity index (χ0v) is 20.8. The van der Waals surface area contributed by atoms with Crippen LogP contribution in [0.3, 0.4) is 0 Å². The Balaban J connectivity index is 1.45. The number of aryl methyl sites for hydroxylation is 1. The van der Waals surface area contributed by atoms with Gasteiger partial charge in [0.05, 0.1) is 23.1 Å². The molecule has 1 fully saturated rings. The molecule has 0 spiro atoms. The summed E-state index contributed by atoms with van der Waals surface area (Å²) in [4.78, 5) is 21.8. The molecule has 9 heteroatoms. The predicted molar refractivity (Wildman–Crippen MR) is 133 cm³/mol. The van der Waals surface area contributed by atoms with Crippen molar-refractivity contribution in [2.45, 2.75) is 52.8 Å². The van der Waals surface area contributed by atoms with Crippen molar-refractivity contribution in [3.8, 4) is 23.6 Å². The van der Waals surface area contributed by atoms with E-state index in [1.54, 1.807) is 10.6 Å². The average molecular weight is 506 g/mol. The van der Waals surface area contributed by atoms with Crippen molar-refractivity contribution >= 4 is 11.4 Å². The SMILES string of the molecule is C#CCn1cc(-c2cnc3c(Cc4ccc(C(=O)C5CC(C)(C)C5)c(C)c4)nccn23)c(C(F)(F)F)n1. The molecule has 1 aromatic carbocycles. The molecule has 1 aliphatic carbocycles. The molecule has 3 heterocycles. The number of benzene rings is 1. The number of hydrogen-bond acceptors (Lipinski definition) is 4. The molecule has 190 valence electrons. The van der Waals surface area contributed by atoms with E-state index in [1.165, 1.54) is 18.6 Å². The van der Waals surface area contributed by atoms with Crippen molar-refractivity contribution in [2.24, 2.45) is 11.3 Å². The predicted octanol–water partition coefficient (Wildman–Crippen LogP) is 5.76. The summed E-state index contributed by atoms with van der Waals surface area (Å²) in [7, 11) is 0. The lowest BCUT2D eigenvalue weighted by atomic mass is 9.62. The Bertz CT molecular complexity index is 1550. The van der Waals surface area contributed by atoms with E-state index in [0.29, 0.717) is 17.8 Å². The van der Waals surface area contributed by atoms with Gasteiger partial charge in [0.25, 0.3) is 0 Å². The Labute approximate surface area is 212 Å². The lowest BCUT2D eigenvalue weighted by Gasteiger charge is -2.41. The smallest absolute Gasteiger partial charge is 0.296 e. The van der Waals surface area contributed by atoms with Crippen molar-refractivity contribution < 1.29 is 18.0 Å². The van der Waals surface area contributed by atoms with E-state index in [-0.39, 0.29) is 34.9 Å². The van der Waals surface area contributed by atoms with Gasteiger partial charge in [0.15, 0.2) is 17.1 Å². The molecular formula is C28H26F3N5O. The number of imidazole rings is 1. The second-order valence-corrected chi connectivity index (χ2v) is 10.5. The standard InChI is InChI=1S/C28H26F3N5O/c1-5-9-35-16-21(25(34-35)28(29,30)31)23-15-33-26-22(32-8-10-36(23)26)12-18-6-7-20(17(2)11-18)24(37)19-13-27(3,4)14-19/h1,6-8,10-11,15-16,19H,9,12-14H2,2-4H3. The molecule has 4 aromatic rings. The Morgan fingerprint density at radius 2 is 2.00 bits per heavy atom. The van der Waals surface area contributed by atoms with Crippen LogP contribution in [0.2, 0.25) is 0 Å². The molecular weight excluding hydrogens is 479 g/mol. The number of rotatable bonds is 6. The highest BCUT2D eigenvalue weighted by molar-refractivity contribution is 5.99. The van der Waals surface area contributed by atoms with Crippen LogP contribution in [0.25, 0.3) is 16.9 Å². The molecule has 0 aliphatic heterocycles. The number of ketones is 1. The molecule has 5 rings (SSSR count). The summed E-state index contributed by atoms with van der Waals surface area (Å²) >= 11 is 0. The third-order valence-corrected chi connectivity index (χ3v) is 6.96. The summed E-state index contributed by atoms with van der Waals surface area (Å²) in [6.07, 6.45) is 8.62. The Morgan fingerprint density at radius 1 is 1.24 bits per heavy atom. The first-order chi connectivity index (χ1) is 17.5. The summed E-state index contributed by atoms with van der Waals surface area (Å²) in [5.74, 6) is 2.57. The molecule has 0 atom stereocenters. The maximum Gasteiger partial charge on any atom is 0.435 e. The molecule has 1 saturated carbocycles. The van der Waals surface area contributed by atoms with Gasteiger partial charge in [-0.3, -0.25) is 18.9 Å². The zero-order chi connectivity index (χ0) is 26.5. The number of alkyl halides is 3. The molecule has 37 heavy (non-hydrogen) atoms. The number of nitrogens with zero attached hydrogens (tertiary/aromatic N) is 5. The van der Waals surface area contributed by atoms with Crippen LogP contribution < -0.4 is 0 Å². The van der Waals surface area contributed by atoms with Gasteiger partial charge in [0.2, 0.25) is 0 Å². The second-order valence-electron chi connectivity index (χ2n) is 10.5. The van der Waals surface area contributed by atoms with Gasteiger partial charge in [-0.1, -0.05) is 38.0 Å². The van der Waals surface area contributed by atoms with Crippen molar-refractivity contribution in [3.05, 3.63) is 71.1 Å². The highest BCUT2D eigenvalue weighted by Crippen LogP contribution is 2.46. The largest absolute Gasteiger partial charge is 0.435 e. The van der Waals surface area contributed by atoms with Gasteiger partial charge in [-0.2, -0.15) is 18.3 Å². The second kappa shape index (κ2) is 8.87. The van der Waals surface area contributed by atoms with Gasteiger partial charge in [-0.05, 0) is 36.3 Å². The van der Waals surface area contributed by atoms with Gasteiger partial charge < -0.3 is 0 Å². The lowest BCUT2D eigenvalue weighted by Crippen LogP contribution is -2.37. The first kappa shape index (κ1) is 24.8. The number of fused-ring (bicyclic) bond motifs is 1. The van der Waals surface area contributed by atoms with E-state index < -0.39 is 11.9 Å². The van der Waals surface area contributed by atoms with Crippen LogP contribution in [0.1, 0.15) is 59.6 Å². The number of Topliss-reactive ketones (excluding diaryl/α,β-unsaturated/α-hetero) is 1. The Kier molecular flexibility index (Phi) is 5.94. The van der Waals surface area contributed by atoms with E-state index in [9.17, 15) is 18.0 Å². The van der Waals surface area contributed by atoms with Crippen LogP contribution in [-0.4, -0.2) is 29.9 Å². The van der Waals surface area contributed by atoms with E-state index in [2.05, 4.69) is 34.8 Å². The quantitative estimate of drug-likeness (QED) is 0.247. The molecule has 0 N–H and O–H groups in total. The average Bonchev–Trinajstić information content (AvgIpc) is 3.42. The lowest BCUT2D eigenvalue weighted by molar-refractivity contribution is -0.141. The molecule has 0 radical (unpaired) electrons. The first-order valence-corrected chi connectivity index (χ1v) is 12.0. The highest BCUT2D eigenvalue weighted by atomic mass is 19.4. The molecule has 0 bridgehead atoms. The van der Waals surface area contributed by atoms with Crippen LogP contribution in [0.4, 0.5) is 13.2 Å². The van der Waals surface area contributed by atoms with Crippen molar-refractivity contribution in [3.63, 3.8) is 0 Å². The minimum Gasteiger partial charge on any atom is -0.296 e. The summed E-state index contributed by atoms with van der Waals surface area (Å²) in [5, 5.41) is 3.65. The summed E-state index contributed by atoms with van der Waals surface area (Å²) < 4.78 is 43.8. The van der Waals surface area contributed by atoms with Crippen molar-refractivity contribution in [1.82, 2.24) is 24.1 Å². The zero-order valence-electron chi connectivity index (χ0n) is 20.8. The van der Waals surface area contributed by atoms with Crippen LogP contribution in [0.15, 0.2) is 43.0 Å². The molecule has 0 amide bonds. The number of aromatic nitrogens is 5. The maximum absolute atomic E-state index is 13.7. The number of carbonyl (C=O) groups is 1. The normalized spacial score (nSPS) is 15.5. The Hall–Kier alpha value is -3.93. The van der Waals surface area contributed by atoms with Crippen LogP contribution in [0, 0.1) is 30.6 Å². The fourth-order valence-electron chi connectivity index (χ4n) is 5.27. The number of carbonyl (C=O) groups excluding carboxylic acids is 1. The molecule has 1 aliphatic rings. The van der Waals surface area contributed by atoms with E-state index >= 15 is 0 Å². The minimum absolute atomic E-state index is 0.0740. The van der Waals surface area contributed by atoms with Crippen molar-refractivity contribution in [2.75, 3.05) is 0 Å². The first-order valence-electron chi connectivity index (χ1n) is 12.0. The fourth-order valence-corrected chi connectivity index (χ4v) is 5.27. The van der Waals surface area contributed by atoms with Gasteiger partial charge >= 0.3 is 6.18 Å². The summed E-state index contributed by atoms with van der Waals surface area (Å²) in [6.45, 7) is 6.20. The molecule has 6 nitrogen and oxygen atoms in total. The molecule has 0 unspecified atom stereocenters. The minimum atomic E-state index is -4.65. The number of hydrogen-bond donors (Lipinski definition) is 0. The summed E-state index contributed by atoms with van der Waals surface area (Å²) in [5.41, 5.74) is 2.98. The number of terminal acetylenes is 1. The maximum atomic E-state index is 13.7. The van der Waals surface area contributed by atoms with E-state index in [1.807, 2.05) is 25.1 Å². The molecule has 3 aromatic heterocycles. The van der Waals surface area contributed by atoms with E-state index in [4.69, 9.17) is 6.42 Å². The van der Waals surface area contributed by atoms with Gasteiger partial charge in [-0.25, -0.2) is 4.98 Å². The van der Waals surface area contributed by atoms with Crippen LogP contribution in [0.5, 0.6) is 0 Å². The van der Waals surface area contributed by atoms with Gasteiger partial charge in [0.1, 0.15) is 6.54 Å². The van der Waals surface area contributed by atoms with Gasteiger partial charge in [-0.15, -0.1) is 6.42 Å². The summed E-state index contributed by atoms with van der Waals surface area (Å²) in [6, 6.07) is 5.74. The van der Waals surface area contributed by atoms with Crippen LogP contribution >= 0.6 is 0 Å². The monoisotopic (exact) mass is 505 g/mol. The Morgan fingerprint density at radius 3 is 2.65 bits per heavy atom. The van der Waals surface area contributed by atoms with E-state index in [0.717, 1.165) is 34.2 Å². The third kappa shape index (κ3) is 4.64. The topological polar surface area (TPSA) is 65.1 Å². The third-order valence-electron chi connectivity index (χ3n) is 6.96. The van der Waals surface area contributed by atoms with Gasteiger partial charge in [0, 0.05) is 36.5 Å². The van der Waals surface area contributed by atoms with Crippen LogP contribution in [-0.2, 0) is 19.1 Å². The number of halogens is 3. The molecule has 0 saturated heterocycles. The fraction of sp³-hybridized carbons (Fsp3) is 0.357. The van der Waals surface area contributed by atoms with Crippen molar-refractivity contribution in [1.29, 1.82) is 0 Å². The highest BCUT2D eigenvalue weighted by Gasteiger charge is 2.41.